The van der Waals surface area contributed by atoms with Gasteiger partial charge in [-0.2, -0.15) is 0 Å². The Morgan fingerprint density at radius 3 is 2.30 bits per heavy atom. The molecule has 0 saturated carbocycles. The zero-order valence-electron chi connectivity index (χ0n) is 5.40. The summed E-state index contributed by atoms with van der Waals surface area (Å²) in [4.78, 5) is 0. The summed E-state index contributed by atoms with van der Waals surface area (Å²) in [6.45, 7) is -0.435. The van der Waals surface area contributed by atoms with Crippen LogP contribution in [-0.4, -0.2) is 37.1 Å². The molecule has 0 spiro atoms. The minimum atomic E-state index is -3.50. The van der Waals surface area contributed by atoms with E-state index < -0.39 is 22.7 Å². The zero-order valence-corrected chi connectivity index (χ0v) is 6.21. The van der Waals surface area contributed by atoms with E-state index in [9.17, 15) is 8.42 Å². The molecule has 0 aliphatic heterocycles. The van der Waals surface area contributed by atoms with E-state index in [1.54, 1.807) is 0 Å². The largest absolute Gasteiger partial charge is 0.394 e. The van der Waals surface area contributed by atoms with Crippen molar-refractivity contribution >= 4 is 10.0 Å². The Hall–Kier alpha value is -0.170. The number of sulfonamides is 1. The normalized spacial score (nSPS) is 15.1. The molecule has 0 bridgehead atoms. The summed E-state index contributed by atoms with van der Waals surface area (Å²) in [7, 11) is -3.50. The first-order valence-electron chi connectivity index (χ1n) is 2.75. The van der Waals surface area contributed by atoms with E-state index in [4.69, 9.17) is 10.2 Å². The van der Waals surface area contributed by atoms with Crippen molar-refractivity contribution in [2.75, 3.05) is 12.4 Å². The van der Waals surface area contributed by atoms with E-state index in [2.05, 4.69) is 5.14 Å². The Balaban J connectivity index is 3.56. The molecule has 0 unspecified atom stereocenters. The highest BCUT2D eigenvalue weighted by atomic mass is 32.2. The Bertz CT molecular complexity index is 176. The predicted molar refractivity (Wildman–Crippen MR) is 35.7 cm³/mol. The molecule has 10 heavy (non-hydrogen) atoms. The van der Waals surface area contributed by atoms with Crippen molar-refractivity contribution in [1.29, 1.82) is 0 Å². The molecule has 0 rings (SSSR count). The van der Waals surface area contributed by atoms with Crippen LogP contribution in [0.15, 0.2) is 0 Å². The van der Waals surface area contributed by atoms with E-state index in [-0.39, 0.29) is 12.2 Å². The number of nitrogens with two attached hydrogens (primary N) is 1. The molecule has 0 radical (unpaired) electrons. The Labute approximate surface area is 59.5 Å². The van der Waals surface area contributed by atoms with Gasteiger partial charge < -0.3 is 10.2 Å². The van der Waals surface area contributed by atoms with Crippen LogP contribution in [0, 0.1) is 0 Å². The van der Waals surface area contributed by atoms with Crippen LogP contribution in [0.2, 0.25) is 0 Å². The van der Waals surface area contributed by atoms with Crippen LogP contribution in [0.4, 0.5) is 0 Å². The molecule has 62 valence electrons. The van der Waals surface area contributed by atoms with Gasteiger partial charge in [0.1, 0.15) is 0 Å². The van der Waals surface area contributed by atoms with Gasteiger partial charge in [-0.25, -0.2) is 13.6 Å². The van der Waals surface area contributed by atoms with Crippen LogP contribution in [-0.2, 0) is 10.0 Å². The molecule has 0 aliphatic rings. The lowest BCUT2D eigenvalue weighted by molar-refractivity contribution is 0.0928. The van der Waals surface area contributed by atoms with Crippen LogP contribution < -0.4 is 5.14 Å². The lowest BCUT2D eigenvalue weighted by Gasteiger charge is -2.03. The maximum atomic E-state index is 10.2. The fraction of sp³-hybridized carbons (Fsp3) is 1.00. The van der Waals surface area contributed by atoms with Crippen molar-refractivity contribution < 1.29 is 18.6 Å². The molecule has 0 amide bonds. The van der Waals surface area contributed by atoms with Crippen LogP contribution in [0.25, 0.3) is 0 Å². The number of aliphatic hydroxyl groups excluding tert-OH is 2. The lowest BCUT2D eigenvalue weighted by Crippen LogP contribution is -2.22. The quantitative estimate of drug-likeness (QED) is 0.454. The van der Waals surface area contributed by atoms with Gasteiger partial charge in [0.05, 0.1) is 18.5 Å². The standard InChI is InChI=1S/C4H11NO4S/c5-10(8,9)2-1-4(7)3-6/h4,6-7H,1-3H2,(H2,5,8,9)/t4-/m1/s1. The van der Waals surface area contributed by atoms with E-state index >= 15 is 0 Å². The molecule has 0 aromatic heterocycles. The van der Waals surface area contributed by atoms with E-state index in [1.807, 2.05) is 0 Å². The Morgan fingerprint density at radius 2 is 2.00 bits per heavy atom. The molecule has 0 aromatic rings. The minimum Gasteiger partial charge on any atom is -0.394 e. The summed E-state index contributed by atoms with van der Waals surface area (Å²) in [6.07, 6.45) is -1.01. The molecule has 0 aromatic carbocycles. The van der Waals surface area contributed by atoms with Crippen LogP contribution in [0.1, 0.15) is 6.42 Å². The van der Waals surface area contributed by atoms with Crippen molar-refractivity contribution in [3.8, 4) is 0 Å². The van der Waals surface area contributed by atoms with Crippen molar-refractivity contribution in [2.24, 2.45) is 5.14 Å². The lowest BCUT2D eigenvalue weighted by atomic mass is 10.3. The average Bonchev–Trinajstić information content (AvgIpc) is 1.81. The molecular weight excluding hydrogens is 158 g/mol. The number of rotatable bonds is 4. The second kappa shape index (κ2) is 3.87. The molecular formula is C4H11NO4S. The molecule has 0 heterocycles. The van der Waals surface area contributed by atoms with Gasteiger partial charge in [0, 0.05) is 0 Å². The summed E-state index contributed by atoms with van der Waals surface area (Å²) in [5.41, 5.74) is 0. The Morgan fingerprint density at radius 1 is 1.50 bits per heavy atom. The second-order valence-electron chi connectivity index (χ2n) is 1.99. The van der Waals surface area contributed by atoms with Gasteiger partial charge in [-0.3, -0.25) is 0 Å². The van der Waals surface area contributed by atoms with E-state index in [0.717, 1.165) is 0 Å². The second-order valence-corrected chi connectivity index (χ2v) is 3.73. The van der Waals surface area contributed by atoms with E-state index in [1.165, 1.54) is 0 Å². The van der Waals surface area contributed by atoms with Gasteiger partial charge in [-0.15, -0.1) is 0 Å². The third-order valence-electron chi connectivity index (χ3n) is 0.946. The summed E-state index contributed by atoms with van der Waals surface area (Å²) in [5.74, 6) is -0.297. The molecule has 0 aliphatic carbocycles. The predicted octanol–water partition coefficient (Wildman–Crippen LogP) is -1.98. The van der Waals surface area contributed by atoms with Crippen LogP contribution in [0.3, 0.4) is 0 Å². The first-order chi connectivity index (χ1) is 4.45. The minimum absolute atomic E-state index is 0.0185. The maximum Gasteiger partial charge on any atom is 0.209 e. The SMILES string of the molecule is NS(=O)(=O)CC[C@@H](O)CO. The highest BCUT2D eigenvalue weighted by Gasteiger charge is 2.07. The average molecular weight is 169 g/mol. The summed E-state index contributed by atoms with van der Waals surface area (Å²) >= 11 is 0. The van der Waals surface area contributed by atoms with Gasteiger partial charge in [0.15, 0.2) is 0 Å². The topological polar surface area (TPSA) is 101 Å². The smallest absolute Gasteiger partial charge is 0.209 e. The number of hydrogen-bond acceptors (Lipinski definition) is 4. The Kier molecular flexibility index (Phi) is 3.80. The molecule has 0 fully saturated rings. The summed E-state index contributed by atoms with van der Waals surface area (Å²) in [6, 6.07) is 0. The molecule has 5 nitrogen and oxygen atoms in total. The van der Waals surface area contributed by atoms with Crippen LogP contribution >= 0.6 is 0 Å². The van der Waals surface area contributed by atoms with Gasteiger partial charge >= 0.3 is 0 Å². The van der Waals surface area contributed by atoms with Gasteiger partial charge in [0.2, 0.25) is 10.0 Å². The van der Waals surface area contributed by atoms with Crippen molar-refractivity contribution in [2.45, 2.75) is 12.5 Å². The fourth-order valence-electron chi connectivity index (χ4n) is 0.392. The third-order valence-corrected chi connectivity index (χ3v) is 1.75. The summed E-state index contributed by atoms with van der Waals surface area (Å²) in [5, 5.41) is 21.5. The first-order valence-corrected chi connectivity index (χ1v) is 4.46. The highest BCUT2D eigenvalue weighted by molar-refractivity contribution is 7.89. The number of primary sulfonamides is 1. The molecule has 6 heteroatoms. The molecule has 1 atom stereocenters. The molecule has 0 saturated heterocycles. The van der Waals surface area contributed by atoms with Crippen molar-refractivity contribution in [1.82, 2.24) is 0 Å². The maximum absolute atomic E-state index is 10.2. The number of hydrogen-bond donors (Lipinski definition) is 3. The fourth-order valence-corrected chi connectivity index (χ4v) is 0.992. The first kappa shape index (κ1) is 9.83. The summed E-state index contributed by atoms with van der Waals surface area (Å²) < 4.78 is 20.5. The van der Waals surface area contributed by atoms with Gasteiger partial charge in [0.25, 0.3) is 0 Å². The monoisotopic (exact) mass is 169 g/mol. The third kappa shape index (κ3) is 5.96. The van der Waals surface area contributed by atoms with Crippen molar-refractivity contribution in [3.63, 3.8) is 0 Å². The van der Waals surface area contributed by atoms with E-state index in [0.29, 0.717) is 0 Å². The highest BCUT2D eigenvalue weighted by Crippen LogP contribution is 1.91. The zero-order chi connectivity index (χ0) is 8.20. The van der Waals surface area contributed by atoms with Crippen LogP contribution in [0.5, 0.6) is 0 Å². The number of aliphatic hydroxyl groups is 2. The molecule has 4 N–H and O–H groups in total. The van der Waals surface area contributed by atoms with Gasteiger partial charge in [-0.1, -0.05) is 0 Å². The van der Waals surface area contributed by atoms with Gasteiger partial charge in [-0.05, 0) is 6.42 Å². The van der Waals surface area contributed by atoms with Crippen molar-refractivity contribution in [3.05, 3.63) is 0 Å².